The molecule has 0 saturated heterocycles. The van der Waals surface area contributed by atoms with Gasteiger partial charge in [-0.15, -0.1) is 0 Å². The number of anilines is 3. The summed E-state index contributed by atoms with van der Waals surface area (Å²) in [6.07, 6.45) is 0. The van der Waals surface area contributed by atoms with Gasteiger partial charge in [-0.2, -0.15) is 0 Å². The summed E-state index contributed by atoms with van der Waals surface area (Å²) >= 11 is 0. The van der Waals surface area contributed by atoms with E-state index in [9.17, 15) is 0 Å². The molecule has 0 atom stereocenters. The highest BCUT2D eigenvalue weighted by Gasteiger charge is 2.22. The molecule has 8 rings (SSSR count). The van der Waals surface area contributed by atoms with Crippen molar-refractivity contribution in [3.05, 3.63) is 175 Å². The van der Waals surface area contributed by atoms with Crippen LogP contribution in [-0.4, -0.2) is 0 Å². The van der Waals surface area contributed by atoms with Crippen molar-refractivity contribution >= 4 is 39.0 Å². The summed E-state index contributed by atoms with van der Waals surface area (Å²) in [7, 11) is 0. The molecule has 2 heteroatoms. The molecule has 0 unspecified atom stereocenters. The van der Waals surface area contributed by atoms with Gasteiger partial charge >= 0.3 is 0 Å². The molecule has 2 nitrogen and oxygen atoms in total. The van der Waals surface area contributed by atoms with Gasteiger partial charge in [0.05, 0.1) is 5.69 Å². The van der Waals surface area contributed by atoms with Crippen LogP contribution in [0.5, 0.6) is 0 Å². The molecule has 0 N–H and O–H groups in total. The molecule has 0 bridgehead atoms. The highest BCUT2D eigenvalue weighted by atomic mass is 16.3. The summed E-state index contributed by atoms with van der Waals surface area (Å²) in [5.74, 6) is 0. The number of furan rings is 1. The molecule has 0 aliphatic rings. The maximum Gasteiger partial charge on any atom is 0.136 e. The summed E-state index contributed by atoms with van der Waals surface area (Å²) in [6, 6.07) is 60.8. The Balaban J connectivity index is 1.37. The third-order valence-electron chi connectivity index (χ3n) is 9.26. The van der Waals surface area contributed by atoms with Crippen LogP contribution in [-0.2, 0) is 5.41 Å². The first kappa shape index (κ1) is 29.5. The molecule has 0 radical (unpaired) electrons. The molecule has 0 saturated carbocycles. The van der Waals surface area contributed by atoms with E-state index in [1.165, 1.54) is 27.8 Å². The Labute approximate surface area is 282 Å². The van der Waals surface area contributed by atoms with Gasteiger partial charge in [0.15, 0.2) is 0 Å². The van der Waals surface area contributed by atoms with Crippen LogP contribution in [0.4, 0.5) is 17.1 Å². The average molecular weight is 620 g/mol. The minimum atomic E-state index is 0.0566. The van der Waals surface area contributed by atoms with Crippen molar-refractivity contribution in [3.63, 3.8) is 0 Å². The van der Waals surface area contributed by atoms with E-state index in [1.807, 2.05) is 12.1 Å². The predicted molar refractivity (Wildman–Crippen MR) is 203 cm³/mol. The summed E-state index contributed by atoms with van der Waals surface area (Å²) in [5.41, 5.74) is 13.4. The number of rotatable bonds is 6. The van der Waals surface area contributed by atoms with Gasteiger partial charge < -0.3 is 9.32 Å². The van der Waals surface area contributed by atoms with Gasteiger partial charge in [0.25, 0.3) is 0 Å². The van der Waals surface area contributed by atoms with Gasteiger partial charge in [-0.05, 0) is 87.3 Å². The zero-order valence-electron chi connectivity index (χ0n) is 27.5. The third-order valence-corrected chi connectivity index (χ3v) is 9.26. The largest absolute Gasteiger partial charge is 0.456 e. The van der Waals surface area contributed by atoms with E-state index in [1.54, 1.807) is 0 Å². The number of benzene rings is 7. The highest BCUT2D eigenvalue weighted by molar-refractivity contribution is 6.07. The normalized spacial score (nSPS) is 11.6. The minimum absolute atomic E-state index is 0.0566. The lowest BCUT2D eigenvalue weighted by molar-refractivity contribution is 0.590. The molecule has 0 amide bonds. The second-order valence-corrected chi connectivity index (χ2v) is 13.4. The lowest BCUT2D eigenvalue weighted by atomic mass is 9.87. The Morgan fingerprint density at radius 3 is 1.69 bits per heavy atom. The number of hydrogen-bond acceptors (Lipinski definition) is 2. The first-order chi connectivity index (χ1) is 23.4. The molecule has 0 spiro atoms. The van der Waals surface area contributed by atoms with Gasteiger partial charge in [-0.25, -0.2) is 0 Å². The Kier molecular flexibility index (Phi) is 7.42. The fourth-order valence-corrected chi connectivity index (χ4v) is 6.74. The molecule has 1 aromatic heterocycles. The van der Waals surface area contributed by atoms with Gasteiger partial charge in [-0.3, -0.25) is 0 Å². The maximum atomic E-state index is 6.42. The molecule has 48 heavy (non-hydrogen) atoms. The Morgan fingerprint density at radius 1 is 0.438 bits per heavy atom. The van der Waals surface area contributed by atoms with Crippen LogP contribution in [0.3, 0.4) is 0 Å². The summed E-state index contributed by atoms with van der Waals surface area (Å²) in [5, 5.41) is 2.26. The summed E-state index contributed by atoms with van der Waals surface area (Å²) in [4.78, 5) is 2.39. The van der Waals surface area contributed by atoms with Crippen molar-refractivity contribution in [1.29, 1.82) is 0 Å². The van der Waals surface area contributed by atoms with Crippen LogP contribution in [0.1, 0.15) is 26.3 Å². The first-order valence-corrected chi connectivity index (χ1v) is 16.6. The van der Waals surface area contributed by atoms with E-state index in [2.05, 4.69) is 183 Å². The van der Waals surface area contributed by atoms with Gasteiger partial charge in [0.1, 0.15) is 11.2 Å². The Hall–Kier alpha value is -5.86. The molecule has 1 heterocycles. The Morgan fingerprint density at radius 2 is 1.00 bits per heavy atom. The average Bonchev–Trinajstić information content (AvgIpc) is 3.50. The lowest BCUT2D eigenvalue weighted by Gasteiger charge is -2.30. The standard InChI is InChI=1S/C46H37NO/c1-46(2,3)36-24-28-38(29-25-36)47(37-26-21-33(22-27-37)32-13-6-4-7-14-32)42-19-12-18-39(34-15-8-5-9-16-34)45(42)35-23-30-41-40-17-10-11-20-43(40)48-44(41)31-35/h4-31H,1-3H3. The zero-order chi connectivity index (χ0) is 32.7. The molecular weight excluding hydrogens is 583 g/mol. The van der Waals surface area contributed by atoms with Crippen LogP contribution in [0.25, 0.3) is 55.3 Å². The van der Waals surface area contributed by atoms with Gasteiger partial charge in [0, 0.05) is 27.7 Å². The van der Waals surface area contributed by atoms with E-state index in [0.717, 1.165) is 50.1 Å². The molecule has 8 aromatic rings. The predicted octanol–water partition coefficient (Wildman–Crippen LogP) is 13.4. The molecule has 0 fully saturated rings. The zero-order valence-corrected chi connectivity index (χ0v) is 27.5. The van der Waals surface area contributed by atoms with Crippen molar-refractivity contribution in [3.8, 4) is 33.4 Å². The van der Waals surface area contributed by atoms with E-state index in [4.69, 9.17) is 4.42 Å². The fourth-order valence-electron chi connectivity index (χ4n) is 6.74. The molecular formula is C46H37NO. The van der Waals surface area contributed by atoms with E-state index in [0.29, 0.717) is 0 Å². The topological polar surface area (TPSA) is 16.4 Å². The second-order valence-electron chi connectivity index (χ2n) is 13.4. The number of hydrogen-bond donors (Lipinski definition) is 0. The van der Waals surface area contributed by atoms with Crippen LogP contribution < -0.4 is 4.90 Å². The van der Waals surface area contributed by atoms with Crippen LogP contribution in [0.2, 0.25) is 0 Å². The minimum Gasteiger partial charge on any atom is -0.456 e. The number of nitrogens with zero attached hydrogens (tertiary/aromatic N) is 1. The molecule has 0 aliphatic carbocycles. The van der Waals surface area contributed by atoms with E-state index < -0.39 is 0 Å². The molecule has 232 valence electrons. The Bertz CT molecular complexity index is 2340. The number of fused-ring (bicyclic) bond motifs is 3. The SMILES string of the molecule is CC(C)(C)c1ccc(N(c2ccc(-c3ccccc3)cc2)c2cccc(-c3ccccc3)c2-c2ccc3c(c2)oc2ccccc23)cc1. The smallest absolute Gasteiger partial charge is 0.136 e. The van der Waals surface area contributed by atoms with Crippen molar-refractivity contribution < 1.29 is 4.42 Å². The van der Waals surface area contributed by atoms with Gasteiger partial charge in [-0.1, -0.05) is 142 Å². The second kappa shape index (κ2) is 12.1. The first-order valence-electron chi connectivity index (χ1n) is 16.6. The summed E-state index contributed by atoms with van der Waals surface area (Å²) in [6.45, 7) is 6.78. The highest BCUT2D eigenvalue weighted by Crippen LogP contribution is 2.47. The fraction of sp³-hybridized carbons (Fsp3) is 0.0870. The summed E-state index contributed by atoms with van der Waals surface area (Å²) < 4.78 is 6.42. The number of para-hydroxylation sites is 1. The van der Waals surface area contributed by atoms with Gasteiger partial charge in [0.2, 0.25) is 0 Å². The quantitative estimate of drug-likeness (QED) is 0.184. The van der Waals surface area contributed by atoms with Crippen LogP contribution in [0, 0.1) is 0 Å². The molecule has 7 aromatic carbocycles. The van der Waals surface area contributed by atoms with E-state index in [-0.39, 0.29) is 5.41 Å². The van der Waals surface area contributed by atoms with Crippen LogP contribution >= 0.6 is 0 Å². The third kappa shape index (κ3) is 5.46. The van der Waals surface area contributed by atoms with E-state index >= 15 is 0 Å². The monoisotopic (exact) mass is 619 g/mol. The van der Waals surface area contributed by atoms with Crippen molar-refractivity contribution in [2.24, 2.45) is 0 Å². The van der Waals surface area contributed by atoms with Crippen molar-refractivity contribution in [1.82, 2.24) is 0 Å². The van der Waals surface area contributed by atoms with Crippen molar-refractivity contribution in [2.45, 2.75) is 26.2 Å². The van der Waals surface area contributed by atoms with Crippen molar-refractivity contribution in [2.75, 3.05) is 4.90 Å². The van der Waals surface area contributed by atoms with Crippen LogP contribution in [0.15, 0.2) is 174 Å². The lowest BCUT2D eigenvalue weighted by Crippen LogP contribution is -2.14. The maximum absolute atomic E-state index is 6.42. The molecule has 0 aliphatic heterocycles.